The highest BCUT2D eigenvalue weighted by molar-refractivity contribution is 5.50. The molecule has 2 aliphatic carbocycles. The summed E-state index contributed by atoms with van der Waals surface area (Å²) in [7, 11) is 0. The van der Waals surface area contributed by atoms with Gasteiger partial charge in [-0.3, -0.25) is 0 Å². The highest BCUT2D eigenvalue weighted by atomic mass is 16.3. The number of aromatic hydroxyl groups is 1. The molecule has 2 aromatic heterocycles. The first-order chi connectivity index (χ1) is 13.2. The molecule has 5 rings (SSSR count). The first kappa shape index (κ1) is 16.8. The number of aliphatic hydroxyl groups excluding tert-OH is 1. The number of hydrogen-bond donors (Lipinski definition) is 2. The van der Waals surface area contributed by atoms with Gasteiger partial charge in [-0.25, -0.2) is 4.98 Å². The van der Waals surface area contributed by atoms with E-state index < -0.39 is 6.10 Å². The highest BCUT2D eigenvalue weighted by Gasteiger charge is 2.34. The van der Waals surface area contributed by atoms with Crippen LogP contribution in [0.5, 0.6) is 5.75 Å². The number of hydrogen-bond acceptors (Lipinski definition) is 3. The van der Waals surface area contributed by atoms with E-state index in [4.69, 9.17) is 0 Å². The third-order valence-electron chi connectivity index (χ3n) is 6.55. The molecule has 4 heteroatoms. The summed E-state index contributed by atoms with van der Waals surface area (Å²) in [6.07, 6.45) is 9.68. The van der Waals surface area contributed by atoms with Crippen LogP contribution in [0.4, 0.5) is 0 Å². The van der Waals surface area contributed by atoms with Crippen molar-refractivity contribution in [1.82, 2.24) is 9.38 Å². The summed E-state index contributed by atoms with van der Waals surface area (Å²) in [5, 5.41) is 21.5. The molecule has 27 heavy (non-hydrogen) atoms. The van der Waals surface area contributed by atoms with Crippen LogP contribution in [0.2, 0.25) is 0 Å². The predicted octanol–water partition coefficient (Wildman–Crippen LogP) is 4.92. The minimum atomic E-state index is -0.455. The van der Waals surface area contributed by atoms with Gasteiger partial charge in [-0.05, 0) is 79.5 Å². The Bertz CT molecular complexity index is 952. The zero-order chi connectivity index (χ0) is 18.4. The zero-order valence-electron chi connectivity index (χ0n) is 15.5. The van der Waals surface area contributed by atoms with Gasteiger partial charge in [0.25, 0.3) is 0 Å². The van der Waals surface area contributed by atoms with Crippen LogP contribution in [-0.4, -0.2) is 19.6 Å². The van der Waals surface area contributed by atoms with E-state index in [1.807, 2.05) is 30.7 Å². The number of aliphatic hydroxyl groups is 1. The molecule has 4 nitrogen and oxygen atoms in total. The largest absolute Gasteiger partial charge is 0.508 e. The van der Waals surface area contributed by atoms with Crippen LogP contribution in [0.25, 0.3) is 5.52 Å². The molecule has 2 fully saturated rings. The molecule has 0 spiro atoms. The smallest absolute Gasteiger partial charge is 0.119 e. The third-order valence-corrected chi connectivity index (χ3v) is 6.55. The van der Waals surface area contributed by atoms with Gasteiger partial charge in [0.05, 0.1) is 29.8 Å². The summed E-state index contributed by atoms with van der Waals surface area (Å²) < 4.78 is 2.09. The molecule has 0 bridgehead atoms. The van der Waals surface area contributed by atoms with Crippen LogP contribution in [0.1, 0.15) is 73.3 Å². The van der Waals surface area contributed by atoms with Crippen molar-refractivity contribution < 1.29 is 10.2 Å². The second-order valence-electron chi connectivity index (χ2n) is 8.25. The molecule has 0 aliphatic heterocycles. The number of para-hydroxylation sites is 1. The summed E-state index contributed by atoms with van der Waals surface area (Å²) in [6.45, 7) is 0. The van der Waals surface area contributed by atoms with E-state index in [0.29, 0.717) is 17.6 Å². The first-order valence-electron chi connectivity index (χ1n) is 10.1. The maximum atomic E-state index is 11.3. The number of imidazole rings is 1. The Morgan fingerprint density at radius 1 is 0.889 bits per heavy atom. The van der Waals surface area contributed by atoms with Gasteiger partial charge >= 0.3 is 0 Å². The molecule has 3 aromatic rings. The monoisotopic (exact) mass is 362 g/mol. The average Bonchev–Trinajstić information content (AvgIpc) is 3.44. The molecule has 0 unspecified atom stereocenters. The molecule has 140 valence electrons. The Morgan fingerprint density at radius 3 is 2.33 bits per heavy atom. The molecule has 1 atom stereocenters. The van der Waals surface area contributed by atoms with Gasteiger partial charge in [-0.15, -0.1) is 0 Å². The van der Waals surface area contributed by atoms with E-state index in [2.05, 4.69) is 21.5 Å². The zero-order valence-corrected chi connectivity index (χ0v) is 15.5. The van der Waals surface area contributed by atoms with E-state index in [1.54, 1.807) is 6.07 Å². The van der Waals surface area contributed by atoms with Gasteiger partial charge in [0.1, 0.15) is 5.75 Å². The number of fused-ring (bicyclic) bond motifs is 1. The van der Waals surface area contributed by atoms with Crippen LogP contribution >= 0.6 is 0 Å². The number of benzene rings is 1. The lowest BCUT2D eigenvalue weighted by Gasteiger charge is -2.33. The van der Waals surface area contributed by atoms with Crippen molar-refractivity contribution in [2.45, 2.75) is 56.5 Å². The lowest BCUT2D eigenvalue weighted by atomic mass is 9.75. The van der Waals surface area contributed by atoms with Crippen LogP contribution < -0.4 is 0 Å². The number of phenols is 1. The standard InChI is InChI=1S/C23H26N2O2/c26-21-4-2-1-3-19(21)15-7-9-17(10-8-15)23(27)22-20(16-5-6-16)12-11-18-13-24-14-25(18)22/h1-4,11-17,23,26-27H,5-10H2/t15-,17-,23-/m0/s1. The predicted molar refractivity (Wildman–Crippen MR) is 105 cm³/mol. The Kier molecular flexibility index (Phi) is 4.16. The summed E-state index contributed by atoms with van der Waals surface area (Å²) in [5.74, 6) is 1.65. The van der Waals surface area contributed by atoms with Crippen molar-refractivity contribution in [3.05, 3.63) is 65.7 Å². The number of aromatic nitrogens is 2. The lowest BCUT2D eigenvalue weighted by molar-refractivity contribution is 0.0753. The number of phenolic OH excluding ortho intramolecular Hbond substituents is 1. The topological polar surface area (TPSA) is 57.8 Å². The Labute approximate surface area is 159 Å². The number of rotatable bonds is 4. The Balaban J connectivity index is 1.39. The second kappa shape index (κ2) is 6.68. The fourth-order valence-electron chi connectivity index (χ4n) is 4.88. The van der Waals surface area contributed by atoms with Crippen molar-refractivity contribution in [3.63, 3.8) is 0 Å². The van der Waals surface area contributed by atoms with Gasteiger partial charge in [0.2, 0.25) is 0 Å². The van der Waals surface area contributed by atoms with Crippen molar-refractivity contribution >= 4 is 5.52 Å². The van der Waals surface area contributed by atoms with E-state index in [-0.39, 0.29) is 5.92 Å². The molecular weight excluding hydrogens is 336 g/mol. The summed E-state index contributed by atoms with van der Waals surface area (Å²) in [6, 6.07) is 12.0. The minimum Gasteiger partial charge on any atom is -0.508 e. The van der Waals surface area contributed by atoms with Gasteiger partial charge in [-0.2, -0.15) is 0 Å². The Morgan fingerprint density at radius 2 is 1.59 bits per heavy atom. The van der Waals surface area contributed by atoms with E-state index in [0.717, 1.165) is 42.5 Å². The summed E-state index contributed by atoms with van der Waals surface area (Å²) >= 11 is 0. The van der Waals surface area contributed by atoms with Crippen LogP contribution in [0.15, 0.2) is 48.9 Å². The van der Waals surface area contributed by atoms with Crippen molar-refractivity contribution in [1.29, 1.82) is 0 Å². The van der Waals surface area contributed by atoms with Crippen LogP contribution in [0.3, 0.4) is 0 Å². The normalized spacial score (nSPS) is 24.2. The van der Waals surface area contributed by atoms with Crippen LogP contribution in [0, 0.1) is 5.92 Å². The third kappa shape index (κ3) is 3.02. The van der Waals surface area contributed by atoms with E-state index in [9.17, 15) is 10.2 Å². The molecule has 2 heterocycles. The summed E-state index contributed by atoms with van der Waals surface area (Å²) in [5.41, 5.74) is 4.46. The molecule has 1 aromatic carbocycles. The highest BCUT2D eigenvalue weighted by Crippen LogP contribution is 2.47. The summed E-state index contributed by atoms with van der Waals surface area (Å²) in [4.78, 5) is 4.30. The SMILES string of the molecule is Oc1ccccc1[C@H]1CC[C@H]([C@H](O)c2c(C3CC3)ccc3cncn23)CC1. The molecule has 0 amide bonds. The number of nitrogens with zero attached hydrogens (tertiary/aromatic N) is 2. The quantitative estimate of drug-likeness (QED) is 0.692. The van der Waals surface area contributed by atoms with Gasteiger partial charge in [0.15, 0.2) is 0 Å². The Hall–Kier alpha value is -2.33. The molecule has 2 aliphatic rings. The van der Waals surface area contributed by atoms with Crippen molar-refractivity contribution in [2.24, 2.45) is 5.92 Å². The van der Waals surface area contributed by atoms with Gasteiger partial charge < -0.3 is 14.6 Å². The van der Waals surface area contributed by atoms with Gasteiger partial charge in [0, 0.05) is 0 Å². The first-order valence-corrected chi connectivity index (χ1v) is 10.1. The van der Waals surface area contributed by atoms with Crippen molar-refractivity contribution in [2.75, 3.05) is 0 Å². The van der Waals surface area contributed by atoms with E-state index >= 15 is 0 Å². The molecular formula is C23H26N2O2. The fraction of sp³-hybridized carbons (Fsp3) is 0.435. The molecule has 0 radical (unpaired) electrons. The van der Waals surface area contributed by atoms with Crippen molar-refractivity contribution in [3.8, 4) is 5.75 Å². The maximum Gasteiger partial charge on any atom is 0.119 e. The van der Waals surface area contributed by atoms with E-state index in [1.165, 1.54) is 18.4 Å². The van der Waals surface area contributed by atoms with Gasteiger partial charge in [-0.1, -0.05) is 24.3 Å². The molecule has 2 N–H and O–H groups in total. The van der Waals surface area contributed by atoms with Crippen LogP contribution in [-0.2, 0) is 0 Å². The maximum absolute atomic E-state index is 11.3. The molecule has 0 saturated heterocycles. The number of pyridine rings is 1. The lowest BCUT2D eigenvalue weighted by Crippen LogP contribution is -2.22. The minimum absolute atomic E-state index is 0.262. The molecule has 2 saturated carbocycles. The fourth-order valence-corrected chi connectivity index (χ4v) is 4.88. The second-order valence-corrected chi connectivity index (χ2v) is 8.25. The average molecular weight is 362 g/mol.